The molecule has 3 rings (SSSR count). The molecule has 0 atom stereocenters. The SMILES string of the molecule is CN(CC(=O)NC1CC1)C(=O)CSc1nnc(Cc2ccccc2)o1. The predicted octanol–water partition coefficient (Wildman–Crippen LogP) is 1.49. The maximum atomic E-state index is 12.1. The van der Waals surface area contributed by atoms with Crippen molar-refractivity contribution >= 4 is 23.6 Å². The number of carbonyl (C=O) groups is 2. The number of hydrogen-bond acceptors (Lipinski definition) is 6. The third-order valence-corrected chi connectivity index (χ3v) is 4.52. The lowest BCUT2D eigenvalue weighted by Crippen LogP contribution is -2.39. The van der Waals surface area contributed by atoms with Crippen LogP contribution in [-0.2, 0) is 16.0 Å². The summed E-state index contributed by atoms with van der Waals surface area (Å²) in [4.78, 5) is 25.2. The van der Waals surface area contributed by atoms with Gasteiger partial charge in [-0.1, -0.05) is 42.1 Å². The topological polar surface area (TPSA) is 88.3 Å². The lowest BCUT2D eigenvalue weighted by Gasteiger charge is -2.15. The Balaban J connectivity index is 1.43. The summed E-state index contributed by atoms with van der Waals surface area (Å²) in [5.41, 5.74) is 1.08. The Bertz CT molecular complexity index is 731. The summed E-state index contributed by atoms with van der Waals surface area (Å²) in [5, 5.41) is 11.2. The molecule has 1 aromatic carbocycles. The van der Waals surface area contributed by atoms with Crippen molar-refractivity contribution in [1.82, 2.24) is 20.4 Å². The first kappa shape index (κ1) is 17.5. The fraction of sp³-hybridized carbons (Fsp3) is 0.412. The average Bonchev–Trinajstić information content (AvgIpc) is 3.30. The molecule has 0 radical (unpaired) electrons. The molecule has 1 saturated carbocycles. The molecule has 1 aromatic heterocycles. The fourth-order valence-electron chi connectivity index (χ4n) is 2.18. The summed E-state index contributed by atoms with van der Waals surface area (Å²) in [7, 11) is 1.62. The van der Waals surface area contributed by atoms with Gasteiger partial charge in [0.2, 0.25) is 17.7 Å². The lowest BCUT2D eigenvalue weighted by atomic mass is 10.2. The predicted molar refractivity (Wildman–Crippen MR) is 93.1 cm³/mol. The van der Waals surface area contributed by atoms with Crippen LogP contribution in [0.2, 0.25) is 0 Å². The molecule has 8 heteroatoms. The molecule has 1 heterocycles. The van der Waals surface area contributed by atoms with Gasteiger partial charge < -0.3 is 14.6 Å². The molecule has 0 unspecified atom stereocenters. The standard InChI is InChI=1S/C17H20N4O3S/c1-21(10-14(22)18-13-7-8-13)16(23)11-25-17-20-19-15(24-17)9-12-5-3-2-4-6-12/h2-6,13H,7-11H2,1H3,(H,18,22). The first-order chi connectivity index (χ1) is 12.1. The second-order valence-corrected chi connectivity index (χ2v) is 6.93. The smallest absolute Gasteiger partial charge is 0.277 e. The minimum absolute atomic E-state index is 0.0684. The van der Waals surface area contributed by atoms with Crippen LogP contribution >= 0.6 is 11.8 Å². The van der Waals surface area contributed by atoms with Crippen molar-refractivity contribution in [1.29, 1.82) is 0 Å². The minimum atomic E-state index is -0.154. The van der Waals surface area contributed by atoms with Gasteiger partial charge in [-0.05, 0) is 18.4 Å². The highest BCUT2D eigenvalue weighted by molar-refractivity contribution is 7.99. The Hall–Kier alpha value is -2.35. The van der Waals surface area contributed by atoms with E-state index in [-0.39, 0.29) is 24.1 Å². The quantitative estimate of drug-likeness (QED) is 0.718. The van der Waals surface area contributed by atoms with E-state index in [9.17, 15) is 9.59 Å². The van der Waals surface area contributed by atoms with Gasteiger partial charge in [-0.15, -0.1) is 10.2 Å². The number of benzene rings is 1. The zero-order chi connectivity index (χ0) is 17.6. The van der Waals surface area contributed by atoms with Crippen molar-refractivity contribution in [2.75, 3.05) is 19.3 Å². The van der Waals surface area contributed by atoms with Gasteiger partial charge >= 0.3 is 0 Å². The molecule has 0 bridgehead atoms. The molecule has 0 saturated heterocycles. The van der Waals surface area contributed by atoms with Crippen molar-refractivity contribution < 1.29 is 14.0 Å². The van der Waals surface area contributed by atoms with Crippen molar-refractivity contribution in [3.63, 3.8) is 0 Å². The largest absolute Gasteiger partial charge is 0.416 e. The number of rotatable bonds is 8. The molecule has 25 heavy (non-hydrogen) atoms. The molecule has 2 aromatic rings. The van der Waals surface area contributed by atoms with Crippen LogP contribution < -0.4 is 5.32 Å². The molecule has 1 fully saturated rings. The number of carbonyl (C=O) groups excluding carboxylic acids is 2. The van der Waals surface area contributed by atoms with Crippen LogP contribution in [0.4, 0.5) is 0 Å². The van der Waals surface area contributed by atoms with Crippen LogP contribution in [0.5, 0.6) is 0 Å². The minimum Gasteiger partial charge on any atom is -0.416 e. The molecular weight excluding hydrogens is 340 g/mol. The van der Waals surface area contributed by atoms with Crippen LogP contribution in [0, 0.1) is 0 Å². The molecule has 0 spiro atoms. The van der Waals surface area contributed by atoms with Gasteiger partial charge in [0.25, 0.3) is 5.22 Å². The molecular formula is C17H20N4O3S. The zero-order valence-electron chi connectivity index (χ0n) is 14.0. The molecule has 132 valence electrons. The average molecular weight is 360 g/mol. The zero-order valence-corrected chi connectivity index (χ0v) is 14.8. The highest BCUT2D eigenvalue weighted by Crippen LogP contribution is 2.19. The second-order valence-electron chi connectivity index (χ2n) is 6.00. The number of thioether (sulfide) groups is 1. The van der Waals surface area contributed by atoms with Gasteiger partial charge in [-0.3, -0.25) is 9.59 Å². The Kier molecular flexibility index (Phi) is 5.70. The summed E-state index contributed by atoms with van der Waals surface area (Å²) < 4.78 is 5.55. The number of hydrogen-bond donors (Lipinski definition) is 1. The van der Waals surface area contributed by atoms with E-state index in [2.05, 4.69) is 15.5 Å². The Morgan fingerprint density at radius 2 is 2.04 bits per heavy atom. The van der Waals surface area contributed by atoms with E-state index < -0.39 is 0 Å². The third-order valence-electron chi connectivity index (χ3n) is 3.71. The summed E-state index contributed by atoms with van der Waals surface area (Å²) in [6.45, 7) is 0.0684. The lowest BCUT2D eigenvalue weighted by molar-refractivity contribution is -0.132. The number of nitrogens with one attached hydrogen (secondary N) is 1. The van der Waals surface area contributed by atoms with E-state index in [1.54, 1.807) is 7.05 Å². The number of nitrogens with zero attached hydrogens (tertiary/aromatic N) is 3. The Morgan fingerprint density at radius 3 is 2.76 bits per heavy atom. The summed E-state index contributed by atoms with van der Waals surface area (Å²) in [6.07, 6.45) is 2.62. The van der Waals surface area contributed by atoms with E-state index in [1.807, 2.05) is 30.3 Å². The van der Waals surface area contributed by atoms with Gasteiger partial charge in [0.15, 0.2) is 0 Å². The molecule has 1 N–H and O–H groups in total. The number of amides is 2. The maximum Gasteiger partial charge on any atom is 0.277 e. The molecule has 7 nitrogen and oxygen atoms in total. The van der Waals surface area contributed by atoms with E-state index in [1.165, 1.54) is 16.7 Å². The highest BCUT2D eigenvalue weighted by Gasteiger charge is 2.24. The van der Waals surface area contributed by atoms with Gasteiger partial charge in [-0.2, -0.15) is 0 Å². The molecule has 1 aliphatic rings. The van der Waals surface area contributed by atoms with Gasteiger partial charge in [0, 0.05) is 13.1 Å². The van der Waals surface area contributed by atoms with Gasteiger partial charge in [0.1, 0.15) is 0 Å². The van der Waals surface area contributed by atoms with E-state index >= 15 is 0 Å². The Morgan fingerprint density at radius 1 is 1.28 bits per heavy atom. The third kappa shape index (κ3) is 5.60. The summed E-state index contributed by atoms with van der Waals surface area (Å²) in [5.74, 6) is 0.392. The molecule has 2 amide bonds. The summed E-state index contributed by atoms with van der Waals surface area (Å²) in [6, 6.07) is 10.1. The Labute approximate surface area is 150 Å². The van der Waals surface area contributed by atoms with Crippen LogP contribution in [-0.4, -0.2) is 52.3 Å². The van der Waals surface area contributed by atoms with Crippen molar-refractivity contribution in [2.24, 2.45) is 0 Å². The fourth-order valence-corrected chi connectivity index (χ4v) is 2.90. The number of aromatic nitrogens is 2. The second kappa shape index (κ2) is 8.15. The van der Waals surface area contributed by atoms with Crippen molar-refractivity contribution in [2.45, 2.75) is 30.5 Å². The van der Waals surface area contributed by atoms with Crippen LogP contribution in [0.25, 0.3) is 0 Å². The molecule has 0 aliphatic heterocycles. The van der Waals surface area contributed by atoms with Crippen LogP contribution in [0.15, 0.2) is 40.0 Å². The first-order valence-electron chi connectivity index (χ1n) is 8.12. The van der Waals surface area contributed by atoms with Crippen LogP contribution in [0.1, 0.15) is 24.3 Å². The maximum absolute atomic E-state index is 12.1. The molecule has 1 aliphatic carbocycles. The first-order valence-corrected chi connectivity index (χ1v) is 9.11. The van der Waals surface area contributed by atoms with Crippen LogP contribution in [0.3, 0.4) is 0 Å². The normalized spacial score (nSPS) is 13.5. The summed E-state index contributed by atoms with van der Waals surface area (Å²) >= 11 is 1.18. The van der Waals surface area contributed by atoms with E-state index in [0.29, 0.717) is 23.6 Å². The van der Waals surface area contributed by atoms with E-state index in [4.69, 9.17) is 4.42 Å². The van der Waals surface area contributed by atoms with Gasteiger partial charge in [0.05, 0.1) is 18.7 Å². The van der Waals surface area contributed by atoms with Gasteiger partial charge in [-0.25, -0.2) is 0 Å². The van der Waals surface area contributed by atoms with Crippen molar-refractivity contribution in [3.8, 4) is 0 Å². The highest BCUT2D eigenvalue weighted by atomic mass is 32.2. The van der Waals surface area contributed by atoms with Crippen molar-refractivity contribution in [3.05, 3.63) is 41.8 Å². The van der Waals surface area contributed by atoms with E-state index in [0.717, 1.165) is 18.4 Å². The monoisotopic (exact) mass is 360 g/mol. The number of likely N-dealkylation sites (N-methyl/N-ethyl adjacent to an activating group) is 1.